The number of hydrogen-bond acceptors (Lipinski definition) is 4. The molecule has 2 aromatic carbocycles. The van der Waals surface area contributed by atoms with Crippen LogP contribution in [0, 0.1) is 0 Å². The molecule has 0 saturated carbocycles. The summed E-state index contributed by atoms with van der Waals surface area (Å²) >= 11 is 0. The van der Waals surface area contributed by atoms with Crippen molar-refractivity contribution < 1.29 is 19.1 Å². The number of ether oxygens (including phenoxy) is 2. The average Bonchev–Trinajstić information content (AvgIpc) is 2.59. The van der Waals surface area contributed by atoms with Crippen molar-refractivity contribution in [2.24, 2.45) is 0 Å². The molecule has 0 fully saturated rings. The Labute approximate surface area is 153 Å². The van der Waals surface area contributed by atoms with Crippen molar-refractivity contribution in [1.29, 1.82) is 0 Å². The minimum Gasteiger partial charge on any atom is -0.447 e. The van der Waals surface area contributed by atoms with E-state index in [4.69, 9.17) is 9.47 Å². The van der Waals surface area contributed by atoms with E-state index in [1.54, 1.807) is 44.2 Å². The Morgan fingerprint density at radius 3 is 2.54 bits per heavy atom. The number of para-hydroxylation sites is 1. The summed E-state index contributed by atoms with van der Waals surface area (Å²) < 4.78 is 10.5. The number of benzene rings is 2. The van der Waals surface area contributed by atoms with E-state index in [1.807, 2.05) is 30.3 Å². The molecule has 0 heterocycles. The van der Waals surface area contributed by atoms with Gasteiger partial charge in [-0.25, -0.2) is 9.59 Å². The second kappa shape index (κ2) is 9.27. The summed E-state index contributed by atoms with van der Waals surface area (Å²) in [5.74, 6) is 0.308. The molecule has 0 radical (unpaired) electrons. The smallest absolute Gasteiger partial charge is 0.420 e. The highest BCUT2D eigenvalue weighted by Crippen LogP contribution is 2.20. The maximum absolute atomic E-state index is 12.5. The van der Waals surface area contributed by atoms with Gasteiger partial charge in [0.05, 0.1) is 6.10 Å². The number of rotatable bonds is 6. The van der Waals surface area contributed by atoms with Crippen LogP contribution in [0.25, 0.3) is 0 Å². The third kappa shape index (κ3) is 5.66. The van der Waals surface area contributed by atoms with Gasteiger partial charge in [-0.3, -0.25) is 10.2 Å². The van der Waals surface area contributed by atoms with Crippen LogP contribution >= 0.6 is 0 Å². The molecule has 0 unspecified atom stereocenters. The van der Waals surface area contributed by atoms with Gasteiger partial charge in [0, 0.05) is 24.0 Å². The summed E-state index contributed by atoms with van der Waals surface area (Å²) in [6, 6.07) is 15.7. The van der Waals surface area contributed by atoms with Crippen LogP contribution in [-0.4, -0.2) is 24.8 Å². The second-order valence-corrected chi connectivity index (χ2v) is 5.71. The van der Waals surface area contributed by atoms with Gasteiger partial charge < -0.3 is 9.47 Å². The molecule has 6 heteroatoms. The third-order valence-electron chi connectivity index (χ3n) is 3.23. The number of anilines is 2. The van der Waals surface area contributed by atoms with Crippen LogP contribution in [0.2, 0.25) is 0 Å². The van der Waals surface area contributed by atoms with Gasteiger partial charge >= 0.3 is 12.2 Å². The standard InChI is InChI=1S/C20H22N2O4/c1-4-13-22(17-10-6-5-7-11-17)20(24)26-18-12-8-9-16(14-18)21-19(23)25-15(2)3/h4-12,14-15H,1,13H2,2-3H3,(H,21,23). The minimum absolute atomic E-state index is 0.227. The van der Waals surface area contributed by atoms with Gasteiger partial charge in [0.25, 0.3) is 0 Å². The maximum atomic E-state index is 12.5. The van der Waals surface area contributed by atoms with Gasteiger partial charge in [0.1, 0.15) is 5.75 Å². The number of carbonyl (C=O) groups is 2. The van der Waals surface area contributed by atoms with Crippen LogP contribution < -0.4 is 15.0 Å². The highest BCUT2D eigenvalue weighted by atomic mass is 16.6. The van der Waals surface area contributed by atoms with Gasteiger partial charge in [-0.2, -0.15) is 0 Å². The first kappa shape index (κ1) is 19.1. The molecule has 0 aromatic heterocycles. The fourth-order valence-corrected chi connectivity index (χ4v) is 2.18. The Hall–Kier alpha value is -3.28. The molecule has 0 aliphatic carbocycles. The van der Waals surface area contributed by atoms with Crippen LogP contribution in [0.5, 0.6) is 5.75 Å². The molecule has 1 N–H and O–H groups in total. The van der Waals surface area contributed by atoms with E-state index in [9.17, 15) is 9.59 Å². The monoisotopic (exact) mass is 354 g/mol. The molecule has 0 aliphatic rings. The molecule has 0 aliphatic heterocycles. The zero-order valence-electron chi connectivity index (χ0n) is 14.8. The molecule has 136 valence electrons. The van der Waals surface area contributed by atoms with E-state index in [1.165, 1.54) is 4.90 Å². The quantitative estimate of drug-likeness (QED) is 0.754. The van der Waals surface area contributed by atoms with Crippen molar-refractivity contribution in [2.75, 3.05) is 16.8 Å². The van der Waals surface area contributed by atoms with Crippen LogP contribution in [0.1, 0.15) is 13.8 Å². The first-order valence-corrected chi connectivity index (χ1v) is 8.22. The predicted octanol–water partition coefficient (Wildman–Crippen LogP) is 4.83. The largest absolute Gasteiger partial charge is 0.447 e. The highest BCUT2D eigenvalue weighted by molar-refractivity contribution is 5.90. The summed E-state index contributed by atoms with van der Waals surface area (Å²) in [6.45, 7) is 7.50. The van der Waals surface area contributed by atoms with E-state index in [0.717, 1.165) is 0 Å². The lowest BCUT2D eigenvalue weighted by atomic mass is 10.3. The van der Waals surface area contributed by atoms with E-state index >= 15 is 0 Å². The van der Waals surface area contributed by atoms with Crippen molar-refractivity contribution in [1.82, 2.24) is 0 Å². The van der Waals surface area contributed by atoms with Gasteiger partial charge in [-0.1, -0.05) is 30.3 Å². The van der Waals surface area contributed by atoms with Crippen LogP contribution in [0.4, 0.5) is 21.0 Å². The first-order chi connectivity index (χ1) is 12.5. The van der Waals surface area contributed by atoms with Gasteiger partial charge in [-0.15, -0.1) is 6.58 Å². The third-order valence-corrected chi connectivity index (χ3v) is 3.23. The molecule has 2 aromatic rings. The van der Waals surface area contributed by atoms with Crippen molar-refractivity contribution in [3.8, 4) is 5.75 Å². The zero-order valence-corrected chi connectivity index (χ0v) is 14.8. The summed E-state index contributed by atoms with van der Waals surface area (Å²) in [7, 11) is 0. The molecule has 2 amide bonds. The lowest BCUT2D eigenvalue weighted by Crippen LogP contribution is -2.33. The van der Waals surface area contributed by atoms with Crippen molar-refractivity contribution in [2.45, 2.75) is 20.0 Å². The fraction of sp³-hybridized carbons (Fsp3) is 0.200. The van der Waals surface area contributed by atoms with Crippen molar-refractivity contribution >= 4 is 23.6 Å². The van der Waals surface area contributed by atoms with E-state index in [2.05, 4.69) is 11.9 Å². The molecule has 0 saturated heterocycles. The van der Waals surface area contributed by atoms with Crippen molar-refractivity contribution in [3.05, 3.63) is 67.3 Å². The summed E-state index contributed by atoms with van der Waals surface area (Å²) in [5.41, 5.74) is 1.17. The number of nitrogens with zero attached hydrogens (tertiary/aromatic N) is 1. The maximum Gasteiger partial charge on any atom is 0.420 e. The van der Waals surface area contributed by atoms with Gasteiger partial charge in [0.2, 0.25) is 0 Å². The van der Waals surface area contributed by atoms with E-state index in [-0.39, 0.29) is 6.10 Å². The molecule has 6 nitrogen and oxygen atoms in total. The van der Waals surface area contributed by atoms with Crippen LogP contribution in [-0.2, 0) is 4.74 Å². The van der Waals surface area contributed by atoms with Gasteiger partial charge in [-0.05, 0) is 38.1 Å². The van der Waals surface area contributed by atoms with Crippen LogP contribution in [0.15, 0.2) is 67.3 Å². The number of amides is 2. The lowest BCUT2D eigenvalue weighted by molar-refractivity contribution is 0.130. The van der Waals surface area contributed by atoms with Crippen molar-refractivity contribution in [3.63, 3.8) is 0 Å². The Balaban J connectivity index is 2.09. The predicted molar refractivity (Wildman–Crippen MR) is 102 cm³/mol. The zero-order chi connectivity index (χ0) is 18.9. The summed E-state index contributed by atoms with van der Waals surface area (Å²) in [6.07, 6.45) is 0.280. The van der Waals surface area contributed by atoms with E-state index < -0.39 is 12.2 Å². The lowest BCUT2D eigenvalue weighted by Gasteiger charge is -2.20. The number of hydrogen-bond donors (Lipinski definition) is 1. The minimum atomic E-state index is -0.568. The van der Waals surface area contributed by atoms with Crippen LogP contribution in [0.3, 0.4) is 0 Å². The molecule has 26 heavy (non-hydrogen) atoms. The Kier molecular flexibility index (Phi) is 6.79. The average molecular weight is 354 g/mol. The molecule has 0 bridgehead atoms. The molecular weight excluding hydrogens is 332 g/mol. The fourth-order valence-electron chi connectivity index (χ4n) is 2.18. The van der Waals surface area contributed by atoms with E-state index in [0.29, 0.717) is 23.7 Å². The normalized spacial score (nSPS) is 10.1. The topological polar surface area (TPSA) is 67.9 Å². The molecule has 0 atom stereocenters. The molecule has 2 rings (SSSR count). The summed E-state index contributed by atoms with van der Waals surface area (Å²) in [4.78, 5) is 25.7. The Morgan fingerprint density at radius 2 is 1.88 bits per heavy atom. The highest BCUT2D eigenvalue weighted by Gasteiger charge is 2.17. The van der Waals surface area contributed by atoms with Gasteiger partial charge in [0.15, 0.2) is 0 Å². The Bertz CT molecular complexity index is 759. The second-order valence-electron chi connectivity index (χ2n) is 5.71. The Morgan fingerprint density at radius 1 is 1.15 bits per heavy atom. The summed E-state index contributed by atoms with van der Waals surface area (Å²) in [5, 5.41) is 2.59. The number of carbonyl (C=O) groups excluding carboxylic acids is 2. The SMILES string of the molecule is C=CCN(C(=O)Oc1cccc(NC(=O)OC(C)C)c1)c1ccccc1. The molecule has 0 spiro atoms. The molecular formula is C20H22N2O4. The first-order valence-electron chi connectivity index (χ1n) is 8.22. The number of nitrogens with one attached hydrogen (secondary N) is 1.